The zero-order valence-electron chi connectivity index (χ0n) is 12.9. The van der Waals surface area contributed by atoms with Gasteiger partial charge in [0.2, 0.25) is 0 Å². The highest BCUT2D eigenvalue weighted by molar-refractivity contribution is 6.31. The summed E-state index contributed by atoms with van der Waals surface area (Å²) in [5.74, 6) is 0.765. The van der Waals surface area contributed by atoms with Crippen LogP contribution < -0.4 is 4.74 Å². The van der Waals surface area contributed by atoms with E-state index in [1.54, 1.807) is 18.7 Å². The van der Waals surface area contributed by atoms with Crippen LogP contribution >= 0.6 is 11.6 Å². The Morgan fingerprint density at radius 3 is 2.43 bits per heavy atom. The van der Waals surface area contributed by atoms with Gasteiger partial charge in [-0.05, 0) is 31.0 Å². The maximum absolute atomic E-state index is 10.8. The van der Waals surface area contributed by atoms with E-state index in [1.807, 2.05) is 38.2 Å². The molecular formula is C16H21ClN2O2. The van der Waals surface area contributed by atoms with Crippen LogP contribution in [0.15, 0.2) is 24.3 Å². The topological polar surface area (TPSA) is 47.3 Å². The maximum Gasteiger partial charge on any atom is 0.118 e. The molecule has 1 heterocycles. The molecule has 21 heavy (non-hydrogen) atoms. The number of nitrogens with zero attached hydrogens (tertiary/aromatic N) is 2. The SMILES string of the molecule is CCc1nn(C)c(CC(C)(O)c2ccc(OC)cc2)c1Cl. The van der Waals surface area contributed by atoms with Crippen molar-refractivity contribution in [3.05, 3.63) is 46.2 Å². The first kappa shape index (κ1) is 15.9. The summed E-state index contributed by atoms with van der Waals surface area (Å²) in [5.41, 5.74) is 1.50. The molecule has 1 aromatic carbocycles. The molecule has 0 bridgehead atoms. The van der Waals surface area contributed by atoms with E-state index in [2.05, 4.69) is 5.10 Å². The van der Waals surface area contributed by atoms with Crippen molar-refractivity contribution in [3.8, 4) is 5.75 Å². The van der Waals surface area contributed by atoms with Gasteiger partial charge in [0.1, 0.15) is 5.75 Å². The average Bonchev–Trinajstić information content (AvgIpc) is 2.74. The van der Waals surface area contributed by atoms with Gasteiger partial charge in [-0.3, -0.25) is 4.68 Å². The zero-order valence-corrected chi connectivity index (χ0v) is 13.6. The summed E-state index contributed by atoms with van der Waals surface area (Å²) in [4.78, 5) is 0. The number of benzene rings is 1. The molecule has 4 nitrogen and oxygen atoms in total. The molecule has 0 radical (unpaired) electrons. The number of methoxy groups -OCH3 is 1. The van der Waals surface area contributed by atoms with Gasteiger partial charge in [-0.15, -0.1) is 0 Å². The Kier molecular flexibility index (Phi) is 4.59. The second kappa shape index (κ2) is 6.08. The summed E-state index contributed by atoms with van der Waals surface area (Å²) in [7, 11) is 3.47. The molecule has 1 unspecified atom stereocenters. The highest BCUT2D eigenvalue weighted by atomic mass is 35.5. The molecule has 0 amide bonds. The van der Waals surface area contributed by atoms with Gasteiger partial charge in [0, 0.05) is 13.5 Å². The third kappa shape index (κ3) is 3.22. The first-order chi connectivity index (χ1) is 9.89. The van der Waals surface area contributed by atoms with E-state index in [-0.39, 0.29) is 0 Å². The first-order valence-corrected chi connectivity index (χ1v) is 7.34. The predicted octanol–water partition coefficient (Wildman–Crippen LogP) is 3.09. The molecule has 0 saturated carbocycles. The van der Waals surface area contributed by atoms with Gasteiger partial charge in [0.15, 0.2) is 0 Å². The van der Waals surface area contributed by atoms with Crippen LogP contribution in [0.2, 0.25) is 5.02 Å². The quantitative estimate of drug-likeness (QED) is 0.923. The van der Waals surface area contributed by atoms with Crippen LogP contribution in [0.4, 0.5) is 0 Å². The summed E-state index contributed by atoms with van der Waals surface area (Å²) in [5, 5.41) is 15.8. The maximum atomic E-state index is 10.8. The average molecular weight is 309 g/mol. The van der Waals surface area contributed by atoms with E-state index in [1.165, 1.54) is 0 Å². The van der Waals surface area contributed by atoms with E-state index >= 15 is 0 Å². The largest absolute Gasteiger partial charge is 0.497 e. The van der Waals surface area contributed by atoms with Gasteiger partial charge >= 0.3 is 0 Å². The molecule has 1 atom stereocenters. The molecule has 5 heteroatoms. The first-order valence-electron chi connectivity index (χ1n) is 6.96. The van der Waals surface area contributed by atoms with E-state index in [9.17, 15) is 5.11 Å². The molecule has 114 valence electrons. The zero-order chi connectivity index (χ0) is 15.6. The van der Waals surface area contributed by atoms with Gasteiger partial charge in [0.25, 0.3) is 0 Å². The highest BCUT2D eigenvalue weighted by Crippen LogP contribution is 2.31. The minimum atomic E-state index is -1.02. The fourth-order valence-electron chi connectivity index (χ4n) is 2.39. The summed E-state index contributed by atoms with van der Waals surface area (Å²) in [6, 6.07) is 7.41. The van der Waals surface area contributed by atoms with Crippen molar-refractivity contribution in [2.24, 2.45) is 7.05 Å². The van der Waals surface area contributed by atoms with Gasteiger partial charge < -0.3 is 9.84 Å². The second-order valence-electron chi connectivity index (χ2n) is 5.36. The lowest BCUT2D eigenvalue weighted by Crippen LogP contribution is -2.25. The van der Waals surface area contributed by atoms with Crippen LogP contribution in [0, 0.1) is 0 Å². The number of hydrogen-bond acceptors (Lipinski definition) is 3. The third-order valence-corrected chi connectivity index (χ3v) is 4.16. The van der Waals surface area contributed by atoms with Gasteiger partial charge in [-0.25, -0.2) is 0 Å². The molecular weight excluding hydrogens is 288 g/mol. The van der Waals surface area contributed by atoms with E-state index in [0.29, 0.717) is 11.4 Å². The Morgan fingerprint density at radius 2 is 1.95 bits per heavy atom. The third-order valence-electron chi connectivity index (χ3n) is 3.73. The summed E-state index contributed by atoms with van der Waals surface area (Å²) >= 11 is 6.36. The van der Waals surface area contributed by atoms with Crippen molar-refractivity contribution in [1.29, 1.82) is 0 Å². The highest BCUT2D eigenvalue weighted by Gasteiger charge is 2.27. The van der Waals surface area contributed by atoms with Crippen molar-refractivity contribution < 1.29 is 9.84 Å². The second-order valence-corrected chi connectivity index (χ2v) is 5.74. The molecule has 1 N–H and O–H groups in total. The molecule has 0 aliphatic heterocycles. The van der Waals surface area contributed by atoms with E-state index < -0.39 is 5.60 Å². The summed E-state index contributed by atoms with van der Waals surface area (Å²) in [6.07, 6.45) is 1.18. The van der Waals surface area contributed by atoms with E-state index in [4.69, 9.17) is 16.3 Å². The number of aliphatic hydroxyl groups is 1. The lowest BCUT2D eigenvalue weighted by molar-refractivity contribution is 0.0556. The minimum Gasteiger partial charge on any atom is -0.497 e. The summed E-state index contributed by atoms with van der Waals surface area (Å²) in [6.45, 7) is 3.80. The Morgan fingerprint density at radius 1 is 1.33 bits per heavy atom. The number of rotatable bonds is 5. The molecule has 2 aromatic rings. The van der Waals surface area contributed by atoms with Crippen molar-refractivity contribution in [3.63, 3.8) is 0 Å². The number of aromatic nitrogens is 2. The van der Waals surface area contributed by atoms with Gasteiger partial charge in [0.05, 0.1) is 29.1 Å². The monoisotopic (exact) mass is 308 g/mol. The normalized spacial score (nSPS) is 14.0. The lowest BCUT2D eigenvalue weighted by atomic mass is 9.91. The minimum absolute atomic E-state index is 0.404. The molecule has 0 aliphatic rings. The van der Waals surface area contributed by atoms with Crippen LogP contribution in [-0.2, 0) is 25.5 Å². The van der Waals surface area contributed by atoms with E-state index in [0.717, 1.165) is 29.1 Å². The van der Waals surface area contributed by atoms with Gasteiger partial charge in [-0.2, -0.15) is 5.10 Å². The standard InChI is InChI=1S/C16H21ClN2O2/c1-5-13-15(17)14(19(3)18-13)10-16(2,20)11-6-8-12(21-4)9-7-11/h6-9,20H,5,10H2,1-4H3. The van der Waals surface area contributed by atoms with Crippen LogP contribution in [0.1, 0.15) is 30.8 Å². The van der Waals surface area contributed by atoms with Crippen LogP contribution in [0.3, 0.4) is 0 Å². The Bertz CT molecular complexity index is 618. The molecule has 0 aliphatic carbocycles. The smallest absolute Gasteiger partial charge is 0.118 e. The lowest BCUT2D eigenvalue weighted by Gasteiger charge is -2.24. The van der Waals surface area contributed by atoms with Crippen molar-refractivity contribution in [2.45, 2.75) is 32.3 Å². The number of halogens is 1. The molecule has 2 rings (SSSR count). The molecule has 0 spiro atoms. The molecule has 0 fully saturated rings. The molecule has 0 saturated heterocycles. The van der Waals surface area contributed by atoms with Gasteiger partial charge in [-0.1, -0.05) is 30.7 Å². The van der Waals surface area contributed by atoms with Crippen LogP contribution in [0.5, 0.6) is 5.75 Å². The van der Waals surface area contributed by atoms with Crippen molar-refractivity contribution in [1.82, 2.24) is 9.78 Å². The number of ether oxygens (including phenoxy) is 1. The van der Waals surface area contributed by atoms with Crippen LogP contribution in [-0.4, -0.2) is 22.0 Å². The van der Waals surface area contributed by atoms with Crippen molar-refractivity contribution in [2.75, 3.05) is 7.11 Å². The predicted molar refractivity (Wildman–Crippen MR) is 83.9 cm³/mol. The van der Waals surface area contributed by atoms with Crippen LogP contribution in [0.25, 0.3) is 0 Å². The fraction of sp³-hybridized carbons (Fsp3) is 0.438. The number of aryl methyl sites for hydroxylation is 2. The number of hydrogen-bond donors (Lipinski definition) is 1. The Hall–Kier alpha value is -1.52. The Labute approximate surface area is 130 Å². The Balaban J connectivity index is 2.29. The van der Waals surface area contributed by atoms with Crippen molar-refractivity contribution >= 4 is 11.6 Å². The fourth-order valence-corrected chi connectivity index (χ4v) is 2.75. The molecule has 1 aromatic heterocycles. The summed E-state index contributed by atoms with van der Waals surface area (Å²) < 4.78 is 6.89.